The number of anilines is 1. The van der Waals surface area contributed by atoms with Crippen LogP contribution >= 0.6 is 0 Å². The maximum Gasteiger partial charge on any atom is 0.320 e. The van der Waals surface area contributed by atoms with E-state index in [0.717, 1.165) is 24.2 Å². The minimum Gasteiger partial charge on any atom is -0.483 e. The van der Waals surface area contributed by atoms with E-state index in [2.05, 4.69) is 25.6 Å². The molecular weight excluding hydrogens is 426 g/mol. The van der Waals surface area contributed by atoms with Gasteiger partial charge >= 0.3 is 6.01 Å². The number of nitrogens with one attached hydrogen (secondary N) is 2. The fraction of sp³-hybridized carbons (Fsp3) is 0.364. The van der Waals surface area contributed by atoms with Crippen LogP contribution < -0.4 is 25.8 Å². The maximum absolute atomic E-state index is 12.2. The number of aromatic nitrogens is 4. The van der Waals surface area contributed by atoms with Crippen molar-refractivity contribution in [1.82, 2.24) is 30.2 Å². The summed E-state index contributed by atoms with van der Waals surface area (Å²) >= 11 is 0. The van der Waals surface area contributed by atoms with E-state index < -0.39 is 0 Å². The predicted molar refractivity (Wildman–Crippen MR) is 120 cm³/mol. The van der Waals surface area contributed by atoms with Crippen LogP contribution in [-0.2, 0) is 17.8 Å². The van der Waals surface area contributed by atoms with Gasteiger partial charge in [-0.25, -0.2) is 0 Å². The first-order chi connectivity index (χ1) is 16.1. The summed E-state index contributed by atoms with van der Waals surface area (Å²) in [6.45, 7) is 2.21. The quantitative estimate of drug-likeness (QED) is 0.416. The van der Waals surface area contributed by atoms with Gasteiger partial charge in [-0.2, -0.15) is 15.0 Å². The Kier molecular flexibility index (Phi) is 5.69. The second kappa shape index (κ2) is 8.94. The molecule has 2 aliphatic rings. The third kappa shape index (κ3) is 4.53. The third-order valence-corrected chi connectivity index (χ3v) is 5.57. The largest absolute Gasteiger partial charge is 0.483 e. The molecule has 33 heavy (non-hydrogen) atoms. The lowest BCUT2D eigenvalue weighted by atomic mass is 10.1. The fourth-order valence-corrected chi connectivity index (χ4v) is 3.76. The molecule has 4 heterocycles. The van der Waals surface area contributed by atoms with Crippen LogP contribution in [-0.4, -0.2) is 62.9 Å². The molecule has 0 atom stereocenters. The van der Waals surface area contributed by atoms with Crippen LogP contribution in [0.3, 0.4) is 0 Å². The summed E-state index contributed by atoms with van der Waals surface area (Å²) in [5, 5.41) is 16.5. The summed E-state index contributed by atoms with van der Waals surface area (Å²) in [7, 11) is 0. The molecule has 172 valence electrons. The van der Waals surface area contributed by atoms with Gasteiger partial charge in [0, 0.05) is 13.1 Å². The van der Waals surface area contributed by atoms with Gasteiger partial charge in [0.1, 0.15) is 5.75 Å². The molecule has 0 unspecified atom stereocenters. The highest BCUT2D eigenvalue weighted by atomic mass is 16.5. The summed E-state index contributed by atoms with van der Waals surface area (Å²) in [4.78, 5) is 24.8. The van der Waals surface area contributed by atoms with Gasteiger partial charge in [-0.15, -0.1) is 0 Å². The molecule has 2 aromatic heterocycles. The van der Waals surface area contributed by atoms with E-state index in [0.29, 0.717) is 42.9 Å². The van der Waals surface area contributed by atoms with Crippen molar-refractivity contribution in [2.24, 2.45) is 0 Å². The molecule has 11 nitrogen and oxygen atoms in total. The Bertz CT molecular complexity index is 1220. The number of fused-ring (bicyclic) bond motifs is 3. The van der Waals surface area contributed by atoms with Crippen molar-refractivity contribution in [3.05, 3.63) is 41.5 Å². The molecule has 0 spiro atoms. The molecule has 0 saturated carbocycles. The number of allylic oxidation sites excluding steroid dienone is 1. The van der Waals surface area contributed by atoms with Crippen molar-refractivity contribution in [1.29, 1.82) is 0 Å². The highest BCUT2D eigenvalue weighted by Gasteiger charge is 2.20. The molecule has 0 radical (unpaired) electrons. The van der Waals surface area contributed by atoms with Gasteiger partial charge < -0.3 is 30.9 Å². The summed E-state index contributed by atoms with van der Waals surface area (Å²) < 4.78 is 13.0. The van der Waals surface area contributed by atoms with Crippen molar-refractivity contribution in [2.45, 2.75) is 25.4 Å². The van der Waals surface area contributed by atoms with E-state index >= 15 is 0 Å². The van der Waals surface area contributed by atoms with Crippen molar-refractivity contribution in [3.8, 4) is 17.8 Å². The highest BCUT2D eigenvalue weighted by Crippen LogP contribution is 2.28. The Balaban J connectivity index is 1.43. The number of hydrogen-bond acceptors (Lipinski definition) is 9. The van der Waals surface area contributed by atoms with Gasteiger partial charge in [-0.05, 0) is 36.1 Å². The Morgan fingerprint density at radius 2 is 2.18 bits per heavy atom. The van der Waals surface area contributed by atoms with Crippen molar-refractivity contribution < 1.29 is 19.4 Å². The summed E-state index contributed by atoms with van der Waals surface area (Å²) in [5.41, 5.74) is 8.56. The number of hydrogen-bond donors (Lipinski definition) is 4. The molecule has 1 amide bonds. The molecule has 2 aliphatic heterocycles. The van der Waals surface area contributed by atoms with Crippen molar-refractivity contribution >= 4 is 22.9 Å². The van der Waals surface area contributed by atoms with Gasteiger partial charge in [0.15, 0.2) is 23.6 Å². The van der Waals surface area contributed by atoms with Gasteiger partial charge in [-0.1, -0.05) is 18.2 Å². The zero-order valence-corrected chi connectivity index (χ0v) is 18.0. The number of nitrogens with two attached hydrogens (primary N) is 1. The van der Waals surface area contributed by atoms with Crippen LogP contribution in [0.2, 0.25) is 0 Å². The van der Waals surface area contributed by atoms with Gasteiger partial charge in [0.25, 0.3) is 11.9 Å². The van der Waals surface area contributed by atoms with Crippen molar-refractivity contribution in [2.75, 3.05) is 32.0 Å². The molecule has 0 aliphatic carbocycles. The molecular formula is C22H25N7O4. The molecule has 1 fully saturated rings. The number of ether oxygens (including phenoxy) is 2. The molecule has 3 aromatic rings. The van der Waals surface area contributed by atoms with E-state index in [9.17, 15) is 9.90 Å². The monoisotopic (exact) mass is 451 g/mol. The number of benzene rings is 1. The SMILES string of the molecule is Nc1nc2nc3c1nc(O)n3Cc1ccc(OCC(=O)NC3CNC3)c(c1)C/C=C/CCO2. The first-order valence-electron chi connectivity index (χ1n) is 10.8. The first kappa shape index (κ1) is 21.0. The molecule has 5 N–H and O–H groups in total. The van der Waals surface area contributed by atoms with E-state index in [4.69, 9.17) is 15.2 Å². The van der Waals surface area contributed by atoms with Crippen LogP contribution in [0.4, 0.5) is 5.82 Å². The van der Waals surface area contributed by atoms with Gasteiger partial charge in [0.05, 0.1) is 19.2 Å². The standard InChI is InChI=1S/C22H25N7O4/c23-19-18-20-28-21(27-19)32-7-3-1-2-4-14-8-13(11-29(20)22(31)26-18)5-6-16(14)33-12-17(30)25-15-9-24-10-15/h1-2,5-6,8,15,24H,3-4,7,9-12H2,(H,25,30)(H,26,31)(H2,23,27,28)/b2-1+. The van der Waals surface area contributed by atoms with Crippen LogP contribution in [0.5, 0.6) is 17.8 Å². The number of aromatic hydroxyl groups is 1. The van der Waals surface area contributed by atoms with E-state index in [1.54, 1.807) is 4.57 Å². The summed E-state index contributed by atoms with van der Waals surface area (Å²) in [6.07, 6.45) is 5.31. The number of nitrogen functional groups attached to an aromatic ring is 1. The van der Waals surface area contributed by atoms with Crippen LogP contribution in [0.1, 0.15) is 17.5 Å². The molecule has 4 bridgehead atoms. The van der Waals surface area contributed by atoms with Gasteiger partial charge in [0.2, 0.25) is 0 Å². The lowest BCUT2D eigenvalue weighted by Gasteiger charge is -2.27. The van der Waals surface area contributed by atoms with E-state index in [1.165, 1.54) is 0 Å². The molecule has 11 heteroatoms. The second-order valence-electron chi connectivity index (χ2n) is 8.03. The van der Waals surface area contributed by atoms with Crippen LogP contribution in [0.25, 0.3) is 11.2 Å². The lowest BCUT2D eigenvalue weighted by Crippen LogP contribution is -2.57. The maximum atomic E-state index is 12.2. The van der Waals surface area contributed by atoms with E-state index in [-0.39, 0.29) is 36.4 Å². The second-order valence-corrected chi connectivity index (χ2v) is 8.03. The number of nitrogens with zero attached hydrogens (tertiary/aromatic N) is 4. The number of rotatable bonds is 4. The average Bonchev–Trinajstić information content (AvgIpc) is 3.08. The normalized spacial score (nSPS) is 17.1. The number of carbonyl (C=O) groups is 1. The number of amides is 1. The molecule has 1 aromatic carbocycles. The average molecular weight is 451 g/mol. The zero-order valence-electron chi connectivity index (χ0n) is 18.0. The Morgan fingerprint density at radius 3 is 3.00 bits per heavy atom. The van der Waals surface area contributed by atoms with Crippen LogP contribution in [0, 0.1) is 0 Å². The lowest BCUT2D eigenvalue weighted by molar-refractivity contribution is -0.124. The Labute approximate surface area is 189 Å². The number of imidazole rings is 1. The summed E-state index contributed by atoms with van der Waals surface area (Å²) in [5.74, 6) is 0.642. The van der Waals surface area contributed by atoms with Crippen LogP contribution in [0.15, 0.2) is 30.4 Å². The minimum absolute atomic E-state index is 0.0493. The molecule has 5 rings (SSSR count). The molecule has 1 saturated heterocycles. The third-order valence-electron chi connectivity index (χ3n) is 5.57. The Hall–Kier alpha value is -3.86. The number of carbonyl (C=O) groups excluding carboxylic acids is 1. The van der Waals surface area contributed by atoms with Gasteiger partial charge in [-0.3, -0.25) is 9.36 Å². The topological polar surface area (TPSA) is 149 Å². The smallest absolute Gasteiger partial charge is 0.320 e. The first-order valence-corrected chi connectivity index (χ1v) is 10.8. The predicted octanol–water partition coefficient (Wildman–Crippen LogP) is 0.510. The minimum atomic E-state index is -0.209. The van der Waals surface area contributed by atoms with E-state index in [1.807, 2.05) is 30.4 Å². The summed E-state index contributed by atoms with van der Waals surface area (Å²) in [6, 6.07) is 5.83. The zero-order chi connectivity index (χ0) is 22.8. The fourth-order valence-electron chi connectivity index (χ4n) is 3.76. The Morgan fingerprint density at radius 1 is 1.30 bits per heavy atom. The van der Waals surface area contributed by atoms with Crippen molar-refractivity contribution in [3.63, 3.8) is 0 Å². The highest BCUT2D eigenvalue weighted by molar-refractivity contribution is 5.83.